The molecule has 0 spiro atoms. The minimum absolute atomic E-state index is 0.0944. The number of halogens is 1. The Balaban J connectivity index is 1.66. The van der Waals surface area contributed by atoms with Gasteiger partial charge in [0.2, 0.25) is 11.8 Å². The van der Waals surface area contributed by atoms with Crippen LogP contribution in [0.5, 0.6) is 0 Å². The van der Waals surface area contributed by atoms with Crippen LogP contribution in [0.1, 0.15) is 11.3 Å². The minimum Gasteiger partial charge on any atom is -0.324 e. The van der Waals surface area contributed by atoms with Crippen LogP contribution in [-0.4, -0.2) is 22.0 Å². The Bertz CT molecular complexity index is 747. The first-order chi connectivity index (χ1) is 10.5. The van der Waals surface area contributed by atoms with Crippen molar-refractivity contribution in [3.63, 3.8) is 0 Å². The largest absolute Gasteiger partial charge is 0.324 e. The van der Waals surface area contributed by atoms with Crippen molar-refractivity contribution in [2.75, 3.05) is 10.6 Å². The number of hydrogen-bond acceptors (Lipinski definition) is 5. The fraction of sp³-hybridized carbons (Fsp3) is 0.214. The molecule has 1 aromatic carbocycles. The summed E-state index contributed by atoms with van der Waals surface area (Å²) in [5.74, 6) is -0.412. The van der Waals surface area contributed by atoms with Crippen molar-refractivity contribution in [1.82, 2.24) is 4.98 Å². The number of aryl methyl sites for hydroxylation is 1. The van der Waals surface area contributed by atoms with Gasteiger partial charge in [-0.3, -0.25) is 9.59 Å². The second-order valence-electron chi connectivity index (χ2n) is 4.76. The van der Waals surface area contributed by atoms with Crippen molar-refractivity contribution >= 4 is 57.3 Å². The van der Waals surface area contributed by atoms with Crippen LogP contribution in [0.2, 0.25) is 5.02 Å². The molecular weight excluding hydrogens is 342 g/mol. The summed E-state index contributed by atoms with van der Waals surface area (Å²) in [7, 11) is 0. The summed E-state index contributed by atoms with van der Waals surface area (Å²) in [5.41, 5.74) is 0.690. The number of carbonyl (C=O) groups excluding carboxylic acids is 2. The SMILES string of the molecule is Cc1cnc(NC(=O)C[C@H]2Sc3ccc(Cl)cc3NC2=O)s1. The number of hydrogen-bond donors (Lipinski definition) is 2. The van der Waals surface area contributed by atoms with Gasteiger partial charge in [0.25, 0.3) is 0 Å². The van der Waals surface area contributed by atoms with Crippen molar-refractivity contribution in [3.05, 3.63) is 34.3 Å². The Morgan fingerprint density at radius 2 is 2.32 bits per heavy atom. The van der Waals surface area contributed by atoms with Gasteiger partial charge in [-0.15, -0.1) is 23.1 Å². The number of nitrogens with one attached hydrogen (secondary N) is 2. The van der Waals surface area contributed by atoms with E-state index in [-0.39, 0.29) is 18.2 Å². The van der Waals surface area contributed by atoms with Gasteiger partial charge in [0.1, 0.15) is 0 Å². The molecule has 0 radical (unpaired) electrons. The molecule has 2 amide bonds. The Hall–Kier alpha value is -1.57. The van der Waals surface area contributed by atoms with Crippen LogP contribution in [0.4, 0.5) is 10.8 Å². The summed E-state index contributed by atoms with van der Waals surface area (Å²) in [6, 6.07) is 5.31. The van der Waals surface area contributed by atoms with Crippen LogP contribution in [0.15, 0.2) is 29.3 Å². The summed E-state index contributed by atoms with van der Waals surface area (Å²) in [6.45, 7) is 1.92. The van der Waals surface area contributed by atoms with Crippen molar-refractivity contribution < 1.29 is 9.59 Å². The van der Waals surface area contributed by atoms with E-state index in [2.05, 4.69) is 15.6 Å². The highest BCUT2D eigenvalue weighted by Gasteiger charge is 2.29. The fourth-order valence-corrected chi connectivity index (χ4v) is 3.95. The molecule has 1 aliphatic heterocycles. The molecule has 114 valence electrons. The third kappa shape index (κ3) is 3.43. The maximum Gasteiger partial charge on any atom is 0.238 e. The summed E-state index contributed by atoms with van der Waals surface area (Å²) in [6.07, 6.45) is 1.79. The Labute approximate surface area is 140 Å². The van der Waals surface area contributed by atoms with Crippen molar-refractivity contribution in [3.8, 4) is 0 Å². The zero-order valence-electron chi connectivity index (χ0n) is 11.6. The predicted molar refractivity (Wildman–Crippen MR) is 89.8 cm³/mol. The number of fused-ring (bicyclic) bond motifs is 1. The van der Waals surface area contributed by atoms with Gasteiger partial charge in [-0.25, -0.2) is 4.98 Å². The molecule has 0 saturated heterocycles. The molecule has 5 nitrogen and oxygen atoms in total. The van der Waals surface area contributed by atoms with E-state index < -0.39 is 5.25 Å². The summed E-state index contributed by atoms with van der Waals surface area (Å²) in [4.78, 5) is 30.1. The van der Waals surface area contributed by atoms with Crippen molar-refractivity contribution in [2.24, 2.45) is 0 Å². The first kappa shape index (κ1) is 15.3. The van der Waals surface area contributed by atoms with Gasteiger partial charge in [0.15, 0.2) is 5.13 Å². The van der Waals surface area contributed by atoms with Crippen LogP contribution in [0.25, 0.3) is 0 Å². The van der Waals surface area contributed by atoms with E-state index in [0.717, 1.165) is 9.77 Å². The zero-order valence-corrected chi connectivity index (χ0v) is 13.9. The van der Waals surface area contributed by atoms with E-state index in [9.17, 15) is 9.59 Å². The molecule has 1 aromatic heterocycles. The van der Waals surface area contributed by atoms with Crippen LogP contribution in [0, 0.1) is 6.92 Å². The van der Waals surface area contributed by atoms with Crippen LogP contribution >= 0.6 is 34.7 Å². The number of thioether (sulfide) groups is 1. The molecule has 0 saturated carbocycles. The molecule has 2 aromatic rings. The van der Waals surface area contributed by atoms with E-state index >= 15 is 0 Å². The number of rotatable bonds is 3. The lowest BCUT2D eigenvalue weighted by atomic mass is 10.2. The average Bonchev–Trinajstić information content (AvgIpc) is 2.85. The van der Waals surface area contributed by atoms with E-state index in [1.807, 2.05) is 13.0 Å². The van der Waals surface area contributed by atoms with Crippen LogP contribution in [0.3, 0.4) is 0 Å². The smallest absolute Gasteiger partial charge is 0.238 e. The molecule has 0 aliphatic carbocycles. The molecule has 1 atom stereocenters. The number of benzene rings is 1. The number of amides is 2. The number of anilines is 2. The predicted octanol–water partition coefficient (Wildman–Crippen LogP) is 3.55. The normalized spacial score (nSPS) is 16.8. The monoisotopic (exact) mass is 353 g/mol. The fourth-order valence-electron chi connectivity index (χ4n) is 2.01. The van der Waals surface area contributed by atoms with Gasteiger partial charge in [-0.05, 0) is 25.1 Å². The minimum atomic E-state index is -0.463. The quantitative estimate of drug-likeness (QED) is 0.885. The van der Waals surface area contributed by atoms with E-state index in [1.54, 1.807) is 18.3 Å². The second kappa shape index (κ2) is 6.28. The lowest BCUT2D eigenvalue weighted by Gasteiger charge is -2.23. The molecule has 0 bridgehead atoms. The summed E-state index contributed by atoms with van der Waals surface area (Å²) >= 11 is 8.68. The second-order valence-corrected chi connectivity index (χ2v) is 7.68. The van der Waals surface area contributed by atoms with Crippen LogP contribution in [-0.2, 0) is 9.59 Å². The lowest BCUT2D eigenvalue weighted by molar-refractivity contribution is -0.120. The zero-order chi connectivity index (χ0) is 15.7. The maximum absolute atomic E-state index is 12.1. The summed E-state index contributed by atoms with van der Waals surface area (Å²) < 4.78 is 0. The van der Waals surface area contributed by atoms with Gasteiger partial charge in [0, 0.05) is 27.4 Å². The molecule has 3 rings (SSSR count). The highest BCUT2D eigenvalue weighted by atomic mass is 35.5. The molecule has 2 heterocycles. The number of thiazole rings is 1. The molecular formula is C14H12ClN3O2S2. The first-order valence-electron chi connectivity index (χ1n) is 6.50. The molecule has 0 unspecified atom stereocenters. The Kier molecular flexibility index (Phi) is 4.37. The molecule has 22 heavy (non-hydrogen) atoms. The molecule has 0 fully saturated rings. The topological polar surface area (TPSA) is 71.1 Å². The van der Waals surface area contributed by atoms with Gasteiger partial charge in [-0.2, -0.15) is 0 Å². The van der Waals surface area contributed by atoms with Crippen molar-refractivity contribution in [2.45, 2.75) is 23.5 Å². The molecule has 2 N–H and O–H groups in total. The highest BCUT2D eigenvalue weighted by Crippen LogP contribution is 2.38. The van der Waals surface area contributed by atoms with Crippen LogP contribution < -0.4 is 10.6 Å². The third-order valence-electron chi connectivity index (χ3n) is 3.00. The number of nitrogens with zero attached hydrogens (tertiary/aromatic N) is 1. The lowest BCUT2D eigenvalue weighted by Crippen LogP contribution is -2.32. The Morgan fingerprint density at radius 3 is 3.05 bits per heavy atom. The summed E-state index contributed by atoms with van der Waals surface area (Å²) in [5, 5.41) is 6.16. The average molecular weight is 354 g/mol. The van der Waals surface area contributed by atoms with E-state index in [0.29, 0.717) is 15.8 Å². The number of carbonyl (C=O) groups is 2. The van der Waals surface area contributed by atoms with E-state index in [1.165, 1.54) is 23.1 Å². The third-order valence-corrected chi connectivity index (χ3v) is 5.34. The maximum atomic E-state index is 12.1. The van der Waals surface area contributed by atoms with Gasteiger partial charge in [0.05, 0.1) is 10.9 Å². The number of aromatic nitrogens is 1. The molecule has 1 aliphatic rings. The van der Waals surface area contributed by atoms with Crippen molar-refractivity contribution in [1.29, 1.82) is 0 Å². The Morgan fingerprint density at radius 1 is 1.50 bits per heavy atom. The first-order valence-corrected chi connectivity index (χ1v) is 8.58. The van der Waals surface area contributed by atoms with Gasteiger partial charge >= 0.3 is 0 Å². The highest BCUT2D eigenvalue weighted by molar-refractivity contribution is 8.01. The van der Waals surface area contributed by atoms with Gasteiger partial charge in [-0.1, -0.05) is 11.6 Å². The van der Waals surface area contributed by atoms with E-state index in [4.69, 9.17) is 11.6 Å². The standard InChI is InChI=1S/C14H12ClN3O2S2/c1-7-6-16-14(21-7)18-12(19)5-11-13(20)17-9-4-8(15)2-3-10(9)22-11/h2-4,6,11H,5H2,1H3,(H,17,20)(H,16,18,19)/t11-/m1/s1. The van der Waals surface area contributed by atoms with Gasteiger partial charge < -0.3 is 10.6 Å². The molecule has 8 heteroatoms.